The summed E-state index contributed by atoms with van der Waals surface area (Å²) in [6, 6.07) is 3.43. The Morgan fingerprint density at radius 2 is 2.16 bits per heavy atom. The van der Waals surface area contributed by atoms with Crippen LogP contribution >= 0.6 is 11.6 Å². The van der Waals surface area contributed by atoms with Crippen LogP contribution in [0.15, 0.2) is 18.2 Å². The Balaban J connectivity index is 2.81. The maximum Gasteiger partial charge on any atom is 0.305 e. The van der Waals surface area contributed by atoms with Crippen molar-refractivity contribution in [2.45, 2.75) is 32.2 Å². The summed E-state index contributed by atoms with van der Waals surface area (Å²) in [4.78, 5) is 22.6. The van der Waals surface area contributed by atoms with E-state index in [1.165, 1.54) is 12.1 Å². The summed E-state index contributed by atoms with van der Waals surface area (Å²) in [6.07, 6.45) is 1.09. The monoisotopic (exact) mass is 287 g/mol. The Hall–Kier alpha value is -1.62. The van der Waals surface area contributed by atoms with E-state index < -0.39 is 23.7 Å². The molecule has 4 nitrogen and oxygen atoms in total. The molecule has 0 aliphatic heterocycles. The molecule has 2 N–H and O–H groups in total. The van der Waals surface area contributed by atoms with Crippen molar-refractivity contribution >= 4 is 23.5 Å². The Morgan fingerprint density at radius 3 is 2.74 bits per heavy atom. The number of carboxylic acids is 1. The molecule has 104 valence electrons. The van der Waals surface area contributed by atoms with Gasteiger partial charge in [-0.3, -0.25) is 9.59 Å². The van der Waals surface area contributed by atoms with Gasteiger partial charge in [-0.1, -0.05) is 31.0 Å². The summed E-state index contributed by atoms with van der Waals surface area (Å²) in [6.45, 7) is 1.89. The standard InChI is InChI=1S/C13H15ClFNO3/c1-2-4-8(7-11(17)18)16-13(19)9-5-3-6-10(15)12(9)14/h3,5-6,8H,2,4,7H2,1H3,(H,16,19)(H,17,18). The molecule has 1 atom stereocenters. The largest absolute Gasteiger partial charge is 0.481 e. The second-order valence-electron chi connectivity index (χ2n) is 4.16. The normalized spacial score (nSPS) is 11.9. The molecule has 0 saturated carbocycles. The molecular formula is C13H15ClFNO3. The van der Waals surface area contributed by atoms with Crippen molar-refractivity contribution < 1.29 is 19.1 Å². The summed E-state index contributed by atoms with van der Waals surface area (Å²) < 4.78 is 13.2. The number of benzene rings is 1. The molecule has 6 heteroatoms. The van der Waals surface area contributed by atoms with Crippen LogP contribution in [0.5, 0.6) is 0 Å². The first-order chi connectivity index (χ1) is 8.95. The van der Waals surface area contributed by atoms with Gasteiger partial charge in [-0.2, -0.15) is 0 Å². The molecule has 1 aromatic carbocycles. The predicted octanol–water partition coefficient (Wildman–Crippen LogP) is 2.85. The fraction of sp³-hybridized carbons (Fsp3) is 0.385. The lowest BCUT2D eigenvalue weighted by molar-refractivity contribution is -0.137. The molecular weight excluding hydrogens is 273 g/mol. The first-order valence-electron chi connectivity index (χ1n) is 5.92. The highest BCUT2D eigenvalue weighted by molar-refractivity contribution is 6.34. The molecule has 1 amide bonds. The number of carbonyl (C=O) groups excluding carboxylic acids is 1. The van der Waals surface area contributed by atoms with Crippen molar-refractivity contribution in [2.24, 2.45) is 0 Å². The van der Waals surface area contributed by atoms with Crippen LogP contribution in [0.1, 0.15) is 36.5 Å². The van der Waals surface area contributed by atoms with Crippen LogP contribution in [-0.2, 0) is 4.79 Å². The molecule has 0 radical (unpaired) electrons. The fourth-order valence-corrected chi connectivity index (χ4v) is 1.94. The topological polar surface area (TPSA) is 66.4 Å². The van der Waals surface area contributed by atoms with Crippen molar-refractivity contribution in [2.75, 3.05) is 0 Å². The maximum atomic E-state index is 13.2. The van der Waals surface area contributed by atoms with Gasteiger partial charge >= 0.3 is 5.97 Å². The third-order valence-electron chi connectivity index (χ3n) is 2.59. The number of rotatable bonds is 6. The van der Waals surface area contributed by atoms with Crippen molar-refractivity contribution in [3.63, 3.8) is 0 Å². The number of halogens is 2. The molecule has 0 bridgehead atoms. The average Bonchev–Trinajstić information content (AvgIpc) is 2.32. The summed E-state index contributed by atoms with van der Waals surface area (Å²) in [5.41, 5.74) is 0.00755. The lowest BCUT2D eigenvalue weighted by atomic mass is 10.1. The number of carbonyl (C=O) groups is 2. The van der Waals surface area contributed by atoms with E-state index in [2.05, 4.69) is 5.32 Å². The number of carboxylic acid groups (broad SMARTS) is 1. The Kier molecular flexibility index (Phi) is 5.76. The number of amides is 1. The predicted molar refractivity (Wildman–Crippen MR) is 69.8 cm³/mol. The fourth-order valence-electron chi connectivity index (χ4n) is 1.73. The van der Waals surface area contributed by atoms with Gasteiger partial charge in [-0.15, -0.1) is 0 Å². The molecule has 0 aliphatic carbocycles. The van der Waals surface area contributed by atoms with Crippen LogP contribution in [0.3, 0.4) is 0 Å². The van der Waals surface area contributed by atoms with Crippen LogP contribution in [0.25, 0.3) is 0 Å². The highest BCUT2D eigenvalue weighted by Gasteiger charge is 2.19. The van der Waals surface area contributed by atoms with E-state index >= 15 is 0 Å². The van der Waals surface area contributed by atoms with E-state index in [1.807, 2.05) is 6.92 Å². The van der Waals surface area contributed by atoms with E-state index in [0.717, 1.165) is 12.5 Å². The van der Waals surface area contributed by atoms with Crippen molar-refractivity contribution in [1.82, 2.24) is 5.32 Å². The minimum absolute atomic E-state index is 0.00755. The number of hydrogen-bond acceptors (Lipinski definition) is 2. The van der Waals surface area contributed by atoms with Crippen LogP contribution in [0.2, 0.25) is 5.02 Å². The van der Waals surface area contributed by atoms with Crippen molar-refractivity contribution in [1.29, 1.82) is 0 Å². The molecule has 1 rings (SSSR count). The smallest absolute Gasteiger partial charge is 0.305 e. The molecule has 0 saturated heterocycles. The summed E-state index contributed by atoms with van der Waals surface area (Å²) in [7, 11) is 0. The zero-order valence-corrected chi connectivity index (χ0v) is 11.2. The SMILES string of the molecule is CCCC(CC(=O)O)NC(=O)c1cccc(F)c1Cl. The van der Waals surface area contributed by atoms with Crippen molar-refractivity contribution in [3.8, 4) is 0 Å². The third-order valence-corrected chi connectivity index (χ3v) is 2.97. The maximum absolute atomic E-state index is 13.2. The van der Waals surface area contributed by atoms with E-state index in [4.69, 9.17) is 16.7 Å². The van der Waals surface area contributed by atoms with Gasteiger partial charge in [0.15, 0.2) is 0 Å². The minimum atomic E-state index is -0.996. The van der Waals surface area contributed by atoms with Crippen LogP contribution < -0.4 is 5.32 Å². The lowest BCUT2D eigenvalue weighted by Gasteiger charge is -2.16. The van der Waals surface area contributed by atoms with Gasteiger partial charge < -0.3 is 10.4 Å². The molecule has 0 aliphatic rings. The van der Waals surface area contributed by atoms with Crippen LogP contribution in [0.4, 0.5) is 4.39 Å². The second kappa shape index (κ2) is 7.09. The Morgan fingerprint density at radius 1 is 1.47 bits per heavy atom. The minimum Gasteiger partial charge on any atom is -0.481 e. The molecule has 19 heavy (non-hydrogen) atoms. The molecule has 0 spiro atoms. The second-order valence-corrected chi connectivity index (χ2v) is 4.54. The quantitative estimate of drug-likeness (QED) is 0.845. The van der Waals surface area contributed by atoms with Gasteiger partial charge in [0.2, 0.25) is 0 Å². The zero-order chi connectivity index (χ0) is 14.4. The van der Waals surface area contributed by atoms with Gasteiger partial charge in [0.1, 0.15) is 5.82 Å². The molecule has 1 aromatic rings. The molecule has 1 unspecified atom stereocenters. The summed E-state index contributed by atoms with van der Waals surface area (Å²) >= 11 is 5.70. The highest BCUT2D eigenvalue weighted by Crippen LogP contribution is 2.19. The molecule has 0 aromatic heterocycles. The van der Waals surface area contributed by atoms with E-state index in [9.17, 15) is 14.0 Å². The van der Waals surface area contributed by atoms with Gasteiger partial charge in [-0.25, -0.2) is 4.39 Å². The van der Waals surface area contributed by atoms with Gasteiger partial charge in [-0.05, 0) is 18.6 Å². The third kappa shape index (κ3) is 4.52. The van der Waals surface area contributed by atoms with E-state index in [0.29, 0.717) is 6.42 Å². The number of nitrogens with one attached hydrogen (secondary N) is 1. The van der Waals surface area contributed by atoms with Crippen molar-refractivity contribution in [3.05, 3.63) is 34.6 Å². The van der Waals surface area contributed by atoms with Gasteiger partial charge in [0.05, 0.1) is 17.0 Å². The first kappa shape index (κ1) is 15.4. The first-order valence-corrected chi connectivity index (χ1v) is 6.30. The van der Waals surface area contributed by atoms with E-state index in [-0.39, 0.29) is 17.0 Å². The van der Waals surface area contributed by atoms with Gasteiger partial charge in [0.25, 0.3) is 5.91 Å². The van der Waals surface area contributed by atoms with E-state index in [1.54, 1.807) is 0 Å². The summed E-state index contributed by atoms with van der Waals surface area (Å²) in [5.74, 6) is -2.24. The number of hydrogen-bond donors (Lipinski definition) is 2. The highest BCUT2D eigenvalue weighted by atomic mass is 35.5. The molecule has 0 heterocycles. The van der Waals surface area contributed by atoms with Gasteiger partial charge in [0, 0.05) is 6.04 Å². The zero-order valence-electron chi connectivity index (χ0n) is 10.5. The average molecular weight is 288 g/mol. The van der Waals surface area contributed by atoms with Crippen LogP contribution in [0, 0.1) is 5.82 Å². The Labute approximate surface area is 115 Å². The Bertz CT molecular complexity index is 479. The lowest BCUT2D eigenvalue weighted by Crippen LogP contribution is -2.36. The number of aliphatic carboxylic acids is 1. The van der Waals surface area contributed by atoms with Crippen LogP contribution in [-0.4, -0.2) is 23.0 Å². The molecule has 0 fully saturated rings. The summed E-state index contributed by atoms with van der Waals surface area (Å²) in [5, 5.41) is 11.1.